The molecule has 3 rings (SSSR count). The number of fused-ring (bicyclic) bond motifs is 3. The number of amides is 2. The first-order valence-electron chi connectivity index (χ1n) is 7.70. The third kappa shape index (κ3) is 2.32. The van der Waals surface area contributed by atoms with Crippen molar-refractivity contribution in [2.45, 2.75) is 43.9 Å². The van der Waals surface area contributed by atoms with Crippen LogP contribution in [0.1, 0.15) is 49.0 Å². The van der Waals surface area contributed by atoms with Crippen molar-refractivity contribution in [2.24, 2.45) is 5.92 Å². The van der Waals surface area contributed by atoms with E-state index in [-0.39, 0.29) is 21.9 Å². The van der Waals surface area contributed by atoms with E-state index in [1.165, 1.54) is 0 Å². The molecule has 0 saturated carbocycles. The van der Waals surface area contributed by atoms with Crippen LogP contribution in [0.15, 0.2) is 24.3 Å². The number of nitrogens with one attached hydrogen (secondary N) is 1. The Morgan fingerprint density at radius 3 is 2.73 bits per heavy atom. The van der Waals surface area contributed by atoms with Crippen molar-refractivity contribution in [1.29, 1.82) is 0 Å². The fraction of sp³-hybridized carbons (Fsp3) is 0.529. The number of thioether (sulfide) groups is 1. The van der Waals surface area contributed by atoms with E-state index < -0.39 is 6.04 Å². The van der Waals surface area contributed by atoms with E-state index in [1.807, 2.05) is 38.1 Å². The molecule has 22 heavy (non-hydrogen) atoms. The molecule has 0 aromatic heterocycles. The molecule has 1 aromatic carbocycles. The van der Waals surface area contributed by atoms with E-state index in [2.05, 4.69) is 19.2 Å². The minimum atomic E-state index is -0.429. The summed E-state index contributed by atoms with van der Waals surface area (Å²) in [4.78, 5) is 27.2. The summed E-state index contributed by atoms with van der Waals surface area (Å²) in [7, 11) is 0. The van der Waals surface area contributed by atoms with E-state index in [1.54, 1.807) is 16.7 Å². The molecule has 2 amide bonds. The lowest BCUT2D eigenvalue weighted by molar-refractivity contribution is -0.126. The number of hydrogen-bond donors (Lipinski definition) is 1. The van der Waals surface area contributed by atoms with Crippen molar-refractivity contribution in [2.75, 3.05) is 6.54 Å². The van der Waals surface area contributed by atoms with Gasteiger partial charge < -0.3 is 10.2 Å². The molecule has 1 fully saturated rings. The smallest absolute Gasteiger partial charge is 0.256 e. The fourth-order valence-electron chi connectivity index (χ4n) is 3.21. The van der Waals surface area contributed by atoms with Crippen LogP contribution < -0.4 is 5.32 Å². The van der Waals surface area contributed by atoms with Crippen LogP contribution in [0.5, 0.6) is 0 Å². The number of rotatable bonds is 3. The van der Waals surface area contributed by atoms with E-state index in [9.17, 15) is 9.59 Å². The molecule has 4 nitrogen and oxygen atoms in total. The van der Waals surface area contributed by atoms with Gasteiger partial charge in [0.25, 0.3) is 5.91 Å². The van der Waals surface area contributed by atoms with Crippen LogP contribution in [0.3, 0.4) is 0 Å². The summed E-state index contributed by atoms with van der Waals surface area (Å²) in [6.07, 6.45) is 0. The number of benzene rings is 1. The van der Waals surface area contributed by atoms with Crippen LogP contribution in [0.25, 0.3) is 0 Å². The molecular weight excluding hydrogens is 296 g/mol. The van der Waals surface area contributed by atoms with Gasteiger partial charge in [-0.15, -0.1) is 11.8 Å². The van der Waals surface area contributed by atoms with Crippen molar-refractivity contribution in [3.63, 3.8) is 0 Å². The molecular formula is C17H22N2O2S. The highest BCUT2D eigenvalue weighted by molar-refractivity contribution is 8.01. The molecule has 2 heterocycles. The quantitative estimate of drug-likeness (QED) is 0.932. The standard InChI is InChI=1S/C17H22N2O2S/c1-10(2)9-18-14(20)13-17(3,4)22-16-12-8-6-5-7-11(12)15(21)19(13)16/h5-8,10,13,16H,9H2,1-4H3,(H,18,20)/t13-,16-/m0/s1. The van der Waals surface area contributed by atoms with E-state index in [0.29, 0.717) is 12.5 Å². The molecule has 1 saturated heterocycles. The maximum Gasteiger partial charge on any atom is 0.256 e. The lowest BCUT2D eigenvalue weighted by atomic mass is 10.0. The summed E-state index contributed by atoms with van der Waals surface area (Å²) in [5.41, 5.74) is 1.77. The van der Waals surface area contributed by atoms with Crippen LogP contribution >= 0.6 is 11.8 Å². The maximum absolute atomic E-state index is 12.8. The van der Waals surface area contributed by atoms with Gasteiger partial charge in [-0.25, -0.2) is 0 Å². The van der Waals surface area contributed by atoms with Crippen molar-refractivity contribution in [3.05, 3.63) is 35.4 Å². The summed E-state index contributed by atoms with van der Waals surface area (Å²) >= 11 is 1.70. The third-order valence-electron chi connectivity index (χ3n) is 4.23. The van der Waals surface area contributed by atoms with Crippen LogP contribution in [0, 0.1) is 5.92 Å². The lowest BCUT2D eigenvalue weighted by Crippen LogP contribution is -2.52. The Labute approximate surface area is 135 Å². The highest BCUT2D eigenvalue weighted by Crippen LogP contribution is 2.56. The average molecular weight is 318 g/mol. The van der Waals surface area contributed by atoms with E-state index in [0.717, 1.165) is 11.1 Å². The van der Waals surface area contributed by atoms with Crippen LogP contribution in [0.2, 0.25) is 0 Å². The Balaban J connectivity index is 1.92. The van der Waals surface area contributed by atoms with E-state index in [4.69, 9.17) is 0 Å². The highest BCUT2D eigenvalue weighted by Gasteiger charge is 2.57. The molecule has 1 N–H and O–H groups in total. The molecule has 0 bridgehead atoms. The second-order valence-electron chi connectivity index (χ2n) is 6.91. The summed E-state index contributed by atoms with van der Waals surface area (Å²) in [5, 5.41) is 2.95. The molecule has 118 valence electrons. The van der Waals surface area contributed by atoms with Gasteiger partial charge >= 0.3 is 0 Å². The Hall–Kier alpha value is -1.49. The zero-order valence-electron chi connectivity index (χ0n) is 13.4. The van der Waals surface area contributed by atoms with Crippen LogP contribution in [-0.4, -0.2) is 34.0 Å². The molecule has 1 aromatic rings. The number of nitrogens with zero attached hydrogens (tertiary/aromatic N) is 1. The molecule has 0 aliphatic carbocycles. The van der Waals surface area contributed by atoms with Gasteiger partial charge in [-0.1, -0.05) is 32.0 Å². The van der Waals surface area contributed by atoms with Gasteiger partial charge in [0, 0.05) is 16.9 Å². The first-order valence-corrected chi connectivity index (χ1v) is 8.58. The zero-order chi connectivity index (χ0) is 16.1. The fourth-order valence-corrected chi connectivity index (χ4v) is 4.79. The van der Waals surface area contributed by atoms with Gasteiger partial charge in [-0.3, -0.25) is 9.59 Å². The van der Waals surface area contributed by atoms with Gasteiger partial charge in [0.05, 0.1) is 0 Å². The average Bonchev–Trinajstić information content (AvgIpc) is 2.88. The SMILES string of the molecule is CC(C)CNC(=O)[C@@H]1N2C(=O)c3ccccc3[C@@H]2SC1(C)C. The third-order valence-corrected chi connectivity index (χ3v) is 5.76. The molecule has 0 spiro atoms. The van der Waals surface area contributed by atoms with Gasteiger partial charge in [0.2, 0.25) is 5.91 Å². The molecule has 0 unspecified atom stereocenters. The minimum absolute atomic E-state index is 0.0247. The second-order valence-corrected chi connectivity index (χ2v) is 8.65. The first kappa shape index (κ1) is 15.4. The van der Waals surface area contributed by atoms with Gasteiger partial charge in [-0.05, 0) is 31.4 Å². The summed E-state index contributed by atoms with van der Waals surface area (Å²) in [5.74, 6) is 0.321. The van der Waals surface area contributed by atoms with Crippen molar-refractivity contribution in [1.82, 2.24) is 10.2 Å². The van der Waals surface area contributed by atoms with Crippen molar-refractivity contribution >= 4 is 23.6 Å². The Kier molecular flexibility index (Phi) is 3.71. The maximum atomic E-state index is 12.8. The molecule has 5 heteroatoms. The summed E-state index contributed by atoms with van der Waals surface area (Å²) < 4.78 is -0.297. The Bertz CT molecular complexity index is 627. The topological polar surface area (TPSA) is 49.4 Å². The molecule has 2 atom stereocenters. The summed E-state index contributed by atoms with van der Waals surface area (Å²) in [6.45, 7) is 8.86. The van der Waals surface area contributed by atoms with Gasteiger partial charge in [0.1, 0.15) is 11.4 Å². The van der Waals surface area contributed by atoms with Crippen LogP contribution in [0.4, 0.5) is 0 Å². The summed E-state index contributed by atoms with van der Waals surface area (Å²) in [6, 6.07) is 7.25. The van der Waals surface area contributed by atoms with Crippen LogP contribution in [-0.2, 0) is 4.79 Å². The number of carbonyl (C=O) groups is 2. The largest absolute Gasteiger partial charge is 0.354 e. The van der Waals surface area contributed by atoms with Gasteiger partial charge in [-0.2, -0.15) is 0 Å². The molecule has 2 aliphatic rings. The Morgan fingerprint density at radius 2 is 2.05 bits per heavy atom. The van der Waals surface area contributed by atoms with E-state index >= 15 is 0 Å². The first-order chi connectivity index (χ1) is 10.3. The monoisotopic (exact) mass is 318 g/mol. The number of hydrogen-bond acceptors (Lipinski definition) is 3. The second kappa shape index (κ2) is 5.30. The zero-order valence-corrected chi connectivity index (χ0v) is 14.2. The molecule has 2 aliphatic heterocycles. The highest BCUT2D eigenvalue weighted by atomic mass is 32.2. The van der Waals surface area contributed by atoms with Gasteiger partial charge in [0.15, 0.2) is 0 Å². The Morgan fingerprint density at radius 1 is 1.36 bits per heavy atom. The van der Waals surface area contributed by atoms with Crippen molar-refractivity contribution in [3.8, 4) is 0 Å². The normalized spacial score (nSPS) is 25.3. The van der Waals surface area contributed by atoms with Crippen molar-refractivity contribution < 1.29 is 9.59 Å². The minimum Gasteiger partial charge on any atom is -0.354 e. The molecule has 0 radical (unpaired) electrons. The number of carbonyl (C=O) groups excluding carboxylic acids is 2. The lowest BCUT2D eigenvalue weighted by Gasteiger charge is -2.29. The predicted octanol–water partition coefficient (Wildman–Crippen LogP) is 2.81. The predicted molar refractivity (Wildman–Crippen MR) is 88.7 cm³/mol.